The smallest absolute Gasteiger partial charge is 0.335 e. The second-order valence-electron chi connectivity index (χ2n) is 6.89. The number of aromatic carboxylic acids is 1. The molecule has 0 saturated carbocycles. The third-order valence-corrected chi connectivity index (χ3v) is 6.35. The van der Waals surface area contributed by atoms with Crippen molar-refractivity contribution in [2.75, 3.05) is 17.8 Å². The van der Waals surface area contributed by atoms with Gasteiger partial charge in [0.05, 0.1) is 21.7 Å². The molecule has 1 aliphatic heterocycles. The zero-order valence-corrected chi connectivity index (χ0v) is 16.5. The third kappa shape index (κ3) is 3.87. The third-order valence-electron chi connectivity index (χ3n) is 4.86. The summed E-state index contributed by atoms with van der Waals surface area (Å²) in [7, 11) is -4.09. The molecule has 1 aliphatic rings. The van der Waals surface area contributed by atoms with E-state index in [9.17, 15) is 23.1 Å². The van der Waals surface area contributed by atoms with Crippen molar-refractivity contribution in [3.8, 4) is 0 Å². The molecule has 0 aliphatic carbocycles. The summed E-state index contributed by atoms with van der Waals surface area (Å²) in [4.78, 5) is 25.7. The fourth-order valence-corrected chi connectivity index (χ4v) is 4.71. The van der Waals surface area contributed by atoms with E-state index in [1.165, 1.54) is 12.1 Å². The quantitative estimate of drug-likeness (QED) is 0.800. The molecule has 28 heavy (non-hydrogen) atoms. The number of benzene rings is 2. The highest BCUT2D eigenvalue weighted by atomic mass is 32.2. The number of hydrogen-bond donors (Lipinski definition) is 2. The molecule has 0 atom stereocenters. The first kappa shape index (κ1) is 19.9. The van der Waals surface area contributed by atoms with E-state index in [-0.39, 0.29) is 27.6 Å². The highest BCUT2D eigenvalue weighted by Gasteiger charge is 2.26. The number of nitrogens with zero attached hydrogens (tertiary/aromatic N) is 1. The number of aryl methyl sites for hydroxylation is 2. The van der Waals surface area contributed by atoms with Crippen molar-refractivity contribution >= 4 is 27.6 Å². The largest absolute Gasteiger partial charge is 0.478 e. The van der Waals surface area contributed by atoms with Crippen LogP contribution in [0.2, 0.25) is 0 Å². The van der Waals surface area contributed by atoms with Crippen LogP contribution in [0.5, 0.6) is 0 Å². The van der Waals surface area contributed by atoms with Crippen LogP contribution in [0.15, 0.2) is 41.3 Å². The molecule has 0 unspecified atom stereocenters. The van der Waals surface area contributed by atoms with Gasteiger partial charge >= 0.3 is 5.97 Å². The average molecular weight is 402 g/mol. The molecule has 1 amide bonds. The maximum Gasteiger partial charge on any atom is 0.335 e. The van der Waals surface area contributed by atoms with Crippen LogP contribution in [-0.4, -0.2) is 43.4 Å². The molecule has 2 N–H and O–H groups in total. The van der Waals surface area contributed by atoms with E-state index < -0.39 is 16.0 Å². The second-order valence-corrected chi connectivity index (χ2v) is 8.54. The number of carbonyl (C=O) groups excluding carboxylic acids is 1. The van der Waals surface area contributed by atoms with Gasteiger partial charge in [0.1, 0.15) is 0 Å². The van der Waals surface area contributed by atoms with Gasteiger partial charge in [0, 0.05) is 13.1 Å². The summed E-state index contributed by atoms with van der Waals surface area (Å²) in [6.45, 7) is 4.62. The normalized spacial score (nSPS) is 14.1. The van der Waals surface area contributed by atoms with E-state index in [1.54, 1.807) is 36.9 Å². The number of carbonyl (C=O) groups is 2. The number of nitrogens with one attached hydrogen (secondary N) is 1. The van der Waals surface area contributed by atoms with Gasteiger partial charge in [-0.25, -0.2) is 13.2 Å². The minimum Gasteiger partial charge on any atom is -0.478 e. The SMILES string of the molecule is Cc1ccc(C(=O)O)cc1S(=O)(=O)Nc1c(C)cccc1C(=O)N1CCCC1. The van der Waals surface area contributed by atoms with Gasteiger partial charge in [-0.15, -0.1) is 0 Å². The molecule has 0 spiro atoms. The molecular formula is C20H22N2O5S. The molecular weight excluding hydrogens is 380 g/mol. The number of amides is 1. The van der Waals surface area contributed by atoms with E-state index in [0.29, 0.717) is 24.2 Å². The highest BCUT2D eigenvalue weighted by molar-refractivity contribution is 7.92. The van der Waals surface area contributed by atoms with E-state index in [1.807, 2.05) is 0 Å². The van der Waals surface area contributed by atoms with Crippen molar-refractivity contribution in [2.24, 2.45) is 0 Å². The summed E-state index contributed by atoms with van der Waals surface area (Å²) < 4.78 is 28.5. The molecule has 3 rings (SSSR count). The molecule has 0 aromatic heterocycles. The van der Waals surface area contributed by atoms with Crippen LogP contribution < -0.4 is 4.72 Å². The van der Waals surface area contributed by atoms with E-state index in [0.717, 1.165) is 18.9 Å². The van der Waals surface area contributed by atoms with Crippen molar-refractivity contribution in [3.63, 3.8) is 0 Å². The predicted molar refractivity (Wildman–Crippen MR) is 105 cm³/mol. The molecule has 148 valence electrons. The lowest BCUT2D eigenvalue weighted by Crippen LogP contribution is -2.29. The molecule has 7 nitrogen and oxygen atoms in total. The van der Waals surface area contributed by atoms with Crippen molar-refractivity contribution < 1.29 is 23.1 Å². The van der Waals surface area contributed by atoms with Gasteiger partial charge in [-0.3, -0.25) is 9.52 Å². The zero-order valence-electron chi connectivity index (χ0n) is 15.7. The highest BCUT2D eigenvalue weighted by Crippen LogP contribution is 2.28. The van der Waals surface area contributed by atoms with Crippen molar-refractivity contribution in [1.82, 2.24) is 4.90 Å². The van der Waals surface area contributed by atoms with E-state index >= 15 is 0 Å². The maximum atomic E-state index is 13.0. The minimum atomic E-state index is -4.09. The van der Waals surface area contributed by atoms with Crippen LogP contribution >= 0.6 is 0 Å². The Balaban J connectivity index is 2.03. The van der Waals surface area contributed by atoms with Gasteiger partial charge in [0.2, 0.25) is 0 Å². The number of hydrogen-bond acceptors (Lipinski definition) is 4. The van der Waals surface area contributed by atoms with Crippen LogP contribution in [0.25, 0.3) is 0 Å². The Morgan fingerprint density at radius 2 is 1.71 bits per heavy atom. The first-order chi connectivity index (χ1) is 13.2. The van der Waals surface area contributed by atoms with Crippen molar-refractivity contribution in [1.29, 1.82) is 0 Å². The Hall–Kier alpha value is -2.87. The Kier molecular flexibility index (Phi) is 5.42. The maximum absolute atomic E-state index is 13.0. The Labute approximate surface area is 164 Å². The molecule has 0 radical (unpaired) electrons. The van der Waals surface area contributed by atoms with Gasteiger partial charge in [-0.1, -0.05) is 18.2 Å². The molecule has 1 heterocycles. The fourth-order valence-electron chi connectivity index (χ4n) is 3.28. The predicted octanol–water partition coefficient (Wildman–Crippen LogP) is 3.04. The lowest BCUT2D eigenvalue weighted by atomic mass is 10.1. The molecule has 2 aromatic rings. The fraction of sp³-hybridized carbons (Fsp3) is 0.300. The summed E-state index contributed by atoms with van der Waals surface area (Å²) in [6.07, 6.45) is 1.86. The number of para-hydroxylation sites is 1. The molecule has 2 aromatic carbocycles. The molecule has 8 heteroatoms. The average Bonchev–Trinajstić information content (AvgIpc) is 3.17. The van der Waals surface area contributed by atoms with Gasteiger partial charge in [-0.2, -0.15) is 0 Å². The number of carboxylic acids is 1. The van der Waals surface area contributed by atoms with Crippen molar-refractivity contribution in [3.05, 3.63) is 58.7 Å². The van der Waals surface area contributed by atoms with Crippen molar-refractivity contribution in [2.45, 2.75) is 31.6 Å². The summed E-state index contributed by atoms with van der Waals surface area (Å²) in [5.41, 5.74) is 1.42. The number of likely N-dealkylation sites (tertiary alicyclic amines) is 1. The Morgan fingerprint density at radius 1 is 1.04 bits per heavy atom. The zero-order chi connectivity index (χ0) is 20.5. The first-order valence-corrected chi connectivity index (χ1v) is 10.4. The summed E-state index contributed by atoms with van der Waals surface area (Å²) in [5.74, 6) is -1.42. The lowest BCUT2D eigenvalue weighted by molar-refractivity contribution is 0.0695. The van der Waals surface area contributed by atoms with Gasteiger partial charge in [-0.05, 0) is 56.0 Å². The van der Waals surface area contributed by atoms with Gasteiger partial charge in [0.25, 0.3) is 15.9 Å². The lowest BCUT2D eigenvalue weighted by Gasteiger charge is -2.20. The standard InChI is InChI=1S/C20H22N2O5S/c1-13-8-9-15(20(24)25)12-17(13)28(26,27)21-18-14(2)6-5-7-16(18)19(23)22-10-3-4-11-22/h5-9,12,21H,3-4,10-11H2,1-2H3,(H,24,25). The van der Waals surface area contributed by atoms with Crippen LogP contribution in [0.3, 0.4) is 0 Å². The number of anilines is 1. The molecule has 1 fully saturated rings. The topological polar surface area (TPSA) is 104 Å². The molecule has 1 saturated heterocycles. The minimum absolute atomic E-state index is 0.121. The van der Waals surface area contributed by atoms with Crippen LogP contribution in [0, 0.1) is 13.8 Å². The monoisotopic (exact) mass is 402 g/mol. The van der Waals surface area contributed by atoms with Crippen LogP contribution in [0.1, 0.15) is 44.7 Å². The summed E-state index contributed by atoms with van der Waals surface area (Å²) in [5, 5.41) is 9.17. The number of rotatable bonds is 5. The Bertz CT molecular complexity index is 1040. The molecule has 0 bridgehead atoms. The second kappa shape index (κ2) is 7.63. The van der Waals surface area contributed by atoms with Crippen LogP contribution in [-0.2, 0) is 10.0 Å². The van der Waals surface area contributed by atoms with Crippen LogP contribution in [0.4, 0.5) is 5.69 Å². The number of carboxylic acid groups (broad SMARTS) is 1. The summed E-state index contributed by atoms with van der Waals surface area (Å²) >= 11 is 0. The number of sulfonamides is 1. The first-order valence-electron chi connectivity index (χ1n) is 8.96. The van der Waals surface area contributed by atoms with E-state index in [4.69, 9.17) is 0 Å². The summed E-state index contributed by atoms with van der Waals surface area (Å²) in [6, 6.07) is 8.97. The van der Waals surface area contributed by atoms with Gasteiger partial charge < -0.3 is 10.0 Å². The van der Waals surface area contributed by atoms with Gasteiger partial charge in [0.15, 0.2) is 0 Å². The Morgan fingerprint density at radius 3 is 2.36 bits per heavy atom. The van der Waals surface area contributed by atoms with E-state index in [2.05, 4.69) is 4.72 Å².